The van der Waals surface area contributed by atoms with Crippen molar-refractivity contribution in [2.45, 2.75) is 25.2 Å². The number of aryl methyl sites for hydroxylation is 1. The van der Waals surface area contributed by atoms with Gasteiger partial charge in [-0.25, -0.2) is 4.98 Å². The third-order valence-corrected chi connectivity index (χ3v) is 6.37. The summed E-state index contributed by atoms with van der Waals surface area (Å²) in [6.07, 6.45) is 1.77. The van der Waals surface area contributed by atoms with Gasteiger partial charge in [0, 0.05) is 17.5 Å². The minimum absolute atomic E-state index is 0.153. The highest BCUT2D eigenvalue weighted by molar-refractivity contribution is 7.99. The Morgan fingerprint density at radius 2 is 1.97 bits per heavy atom. The molecule has 9 heteroatoms. The van der Waals surface area contributed by atoms with Crippen molar-refractivity contribution in [1.29, 1.82) is 0 Å². The Labute approximate surface area is 200 Å². The van der Waals surface area contributed by atoms with Crippen molar-refractivity contribution in [3.8, 4) is 17.0 Å². The number of hydrogen-bond donors (Lipinski definition) is 1. The molecule has 2 heterocycles. The molecule has 0 radical (unpaired) electrons. The summed E-state index contributed by atoms with van der Waals surface area (Å²) in [6, 6.07) is 17.7. The zero-order valence-electron chi connectivity index (χ0n) is 18.1. The molecule has 0 spiro atoms. The van der Waals surface area contributed by atoms with Crippen molar-refractivity contribution in [1.82, 2.24) is 19.7 Å². The molecule has 0 unspecified atom stereocenters. The van der Waals surface area contributed by atoms with Crippen LogP contribution in [0.4, 0.5) is 5.13 Å². The van der Waals surface area contributed by atoms with Crippen molar-refractivity contribution < 1.29 is 9.53 Å². The summed E-state index contributed by atoms with van der Waals surface area (Å²) in [5.41, 5.74) is 3.06. The molecule has 2 aromatic carbocycles. The van der Waals surface area contributed by atoms with Gasteiger partial charge in [-0.05, 0) is 19.1 Å². The van der Waals surface area contributed by atoms with Gasteiger partial charge < -0.3 is 10.1 Å². The average Bonchev–Trinajstić information content (AvgIpc) is 3.45. The van der Waals surface area contributed by atoms with Crippen LogP contribution in [0.1, 0.15) is 11.4 Å². The van der Waals surface area contributed by atoms with Crippen LogP contribution in [-0.4, -0.2) is 31.4 Å². The second-order valence-electron chi connectivity index (χ2n) is 7.14. The van der Waals surface area contributed by atoms with E-state index in [1.54, 1.807) is 6.08 Å². The van der Waals surface area contributed by atoms with Crippen LogP contribution in [0.2, 0.25) is 0 Å². The topological polar surface area (TPSA) is 81.9 Å². The molecule has 33 heavy (non-hydrogen) atoms. The highest BCUT2D eigenvalue weighted by Gasteiger charge is 2.15. The lowest BCUT2D eigenvalue weighted by Crippen LogP contribution is -2.15. The highest BCUT2D eigenvalue weighted by atomic mass is 32.2. The van der Waals surface area contributed by atoms with Crippen LogP contribution in [-0.2, 0) is 17.9 Å². The minimum Gasteiger partial charge on any atom is -0.486 e. The SMILES string of the molecule is C=CCn1c(COc2ccccc2)nnc1SCC(=O)Nc1nc(-c2ccc(C)cc2)cs1. The van der Waals surface area contributed by atoms with Gasteiger partial charge in [0.05, 0.1) is 11.4 Å². The van der Waals surface area contributed by atoms with Crippen molar-refractivity contribution in [2.75, 3.05) is 11.1 Å². The van der Waals surface area contributed by atoms with Crippen LogP contribution in [0.5, 0.6) is 5.75 Å². The van der Waals surface area contributed by atoms with Gasteiger partial charge in [-0.3, -0.25) is 9.36 Å². The largest absolute Gasteiger partial charge is 0.486 e. The van der Waals surface area contributed by atoms with Crippen LogP contribution in [0, 0.1) is 6.92 Å². The number of amides is 1. The first-order chi connectivity index (χ1) is 16.1. The van der Waals surface area contributed by atoms with Crippen LogP contribution in [0.25, 0.3) is 11.3 Å². The maximum absolute atomic E-state index is 12.5. The first-order valence-corrected chi connectivity index (χ1v) is 12.1. The molecule has 0 aliphatic rings. The van der Waals surface area contributed by atoms with Gasteiger partial charge >= 0.3 is 0 Å². The lowest BCUT2D eigenvalue weighted by molar-refractivity contribution is -0.113. The number of thioether (sulfide) groups is 1. The van der Waals surface area contributed by atoms with Crippen LogP contribution in [0.15, 0.2) is 77.8 Å². The van der Waals surface area contributed by atoms with E-state index in [4.69, 9.17) is 4.74 Å². The molecule has 4 aromatic rings. The maximum atomic E-state index is 12.5. The second kappa shape index (κ2) is 10.9. The number of rotatable bonds is 10. The molecule has 0 aliphatic heterocycles. The van der Waals surface area contributed by atoms with Crippen molar-refractivity contribution in [3.05, 3.63) is 84.0 Å². The number of benzene rings is 2. The van der Waals surface area contributed by atoms with Gasteiger partial charge in [0.25, 0.3) is 0 Å². The number of hydrogen-bond acceptors (Lipinski definition) is 7. The first-order valence-electron chi connectivity index (χ1n) is 10.3. The van der Waals surface area contributed by atoms with Crippen molar-refractivity contribution >= 4 is 34.1 Å². The van der Waals surface area contributed by atoms with E-state index in [-0.39, 0.29) is 18.3 Å². The van der Waals surface area contributed by atoms with Crippen molar-refractivity contribution in [2.24, 2.45) is 0 Å². The molecule has 0 saturated heterocycles. The molecular weight excluding hydrogens is 454 g/mol. The molecule has 0 fully saturated rings. The lowest BCUT2D eigenvalue weighted by Gasteiger charge is -2.09. The Bertz CT molecular complexity index is 1220. The number of carbonyl (C=O) groups excluding carboxylic acids is 1. The van der Waals surface area contributed by atoms with E-state index in [0.717, 1.165) is 17.0 Å². The summed E-state index contributed by atoms with van der Waals surface area (Å²) in [5.74, 6) is 1.46. The van der Waals surface area contributed by atoms with E-state index in [1.807, 2.05) is 71.5 Å². The maximum Gasteiger partial charge on any atom is 0.236 e. The molecule has 1 N–H and O–H groups in total. The monoisotopic (exact) mass is 477 g/mol. The highest BCUT2D eigenvalue weighted by Crippen LogP contribution is 2.26. The molecular formula is C24H23N5O2S2. The van der Waals surface area contributed by atoms with Gasteiger partial charge in [0.2, 0.25) is 5.91 Å². The number of aromatic nitrogens is 4. The fraction of sp³-hybridized carbons (Fsp3) is 0.167. The first kappa shape index (κ1) is 22.8. The summed E-state index contributed by atoms with van der Waals surface area (Å²) in [5, 5.41) is 14.5. The zero-order valence-corrected chi connectivity index (χ0v) is 19.7. The summed E-state index contributed by atoms with van der Waals surface area (Å²) in [7, 11) is 0. The number of nitrogens with zero attached hydrogens (tertiary/aromatic N) is 4. The average molecular weight is 478 g/mol. The molecule has 0 aliphatic carbocycles. The molecule has 168 valence electrons. The molecule has 7 nitrogen and oxygen atoms in total. The van der Waals surface area contributed by atoms with Crippen LogP contribution >= 0.6 is 23.1 Å². The molecule has 2 aromatic heterocycles. The van der Waals surface area contributed by atoms with Crippen LogP contribution in [0.3, 0.4) is 0 Å². The van der Waals surface area contributed by atoms with Gasteiger partial charge in [-0.2, -0.15) is 0 Å². The predicted molar refractivity (Wildman–Crippen MR) is 133 cm³/mol. The summed E-state index contributed by atoms with van der Waals surface area (Å²) < 4.78 is 7.68. The fourth-order valence-electron chi connectivity index (χ4n) is 2.98. The van der Waals surface area contributed by atoms with Gasteiger partial charge in [0.15, 0.2) is 16.1 Å². The quantitative estimate of drug-likeness (QED) is 0.250. The van der Waals surface area contributed by atoms with E-state index >= 15 is 0 Å². The van der Waals surface area contributed by atoms with Crippen molar-refractivity contribution in [3.63, 3.8) is 0 Å². The number of ether oxygens (including phenoxy) is 1. The number of para-hydroxylation sites is 1. The Morgan fingerprint density at radius 3 is 2.73 bits per heavy atom. The predicted octanol–water partition coefficient (Wildman–Crippen LogP) is 5.21. The Balaban J connectivity index is 1.34. The van der Waals surface area contributed by atoms with E-state index in [2.05, 4.69) is 27.1 Å². The smallest absolute Gasteiger partial charge is 0.236 e. The Kier molecular flexibility index (Phi) is 7.54. The third kappa shape index (κ3) is 6.09. The van der Waals surface area contributed by atoms with Gasteiger partial charge in [-0.1, -0.05) is 65.9 Å². The van der Waals surface area contributed by atoms with E-state index in [1.165, 1.54) is 28.7 Å². The normalized spacial score (nSPS) is 10.7. The van der Waals surface area contributed by atoms with E-state index in [9.17, 15) is 4.79 Å². The number of anilines is 1. The standard InChI is InChI=1S/C24H23N5O2S2/c1-3-13-29-21(14-31-19-7-5-4-6-8-19)27-28-24(29)33-16-22(30)26-23-25-20(15-32-23)18-11-9-17(2)10-12-18/h3-12,15H,1,13-14,16H2,2H3,(H,25,26,30). The number of thiazole rings is 1. The zero-order chi connectivity index (χ0) is 23.0. The summed E-state index contributed by atoms with van der Waals surface area (Å²) in [4.78, 5) is 17.0. The number of nitrogens with one attached hydrogen (secondary N) is 1. The molecule has 1 amide bonds. The molecule has 0 atom stereocenters. The summed E-state index contributed by atoms with van der Waals surface area (Å²) in [6.45, 7) is 6.65. The third-order valence-electron chi connectivity index (χ3n) is 4.65. The van der Waals surface area contributed by atoms with Gasteiger partial charge in [0.1, 0.15) is 12.4 Å². The van der Waals surface area contributed by atoms with Crippen LogP contribution < -0.4 is 10.1 Å². The minimum atomic E-state index is -0.153. The Morgan fingerprint density at radius 1 is 1.18 bits per heavy atom. The summed E-state index contributed by atoms with van der Waals surface area (Å²) >= 11 is 2.72. The molecule has 0 saturated carbocycles. The second-order valence-corrected chi connectivity index (χ2v) is 8.94. The molecule has 4 rings (SSSR count). The lowest BCUT2D eigenvalue weighted by atomic mass is 10.1. The van der Waals surface area contributed by atoms with E-state index in [0.29, 0.717) is 22.7 Å². The molecule has 0 bridgehead atoms. The van der Waals surface area contributed by atoms with Gasteiger partial charge in [-0.15, -0.1) is 28.1 Å². The number of allylic oxidation sites excluding steroid dienone is 1. The number of carbonyl (C=O) groups is 1. The fourth-order valence-corrected chi connectivity index (χ4v) is 4.49. The van der Waals surface area contributed by atoms with E-state index < -0.39 is 0 Å². The Hall–Kier alpha value is -3.43.